The molecule has 26 heavy (non-hydrogen) atoms. The van der Waals surface area contributed by atoms with Gasteiger partial charge in [-0.1, -0.05) is 6.92 Å². The molecule has 4 fully saturated rings. The summed E-state index contributed by atoms with van der Waals surface area (Å²) in [5, 5.41) is 10.5. The van der Waals surface area contributed by atoms with E-state index in [1.54, 1.807) is 0 Å². The molecule has 0 aromatic heterocycles. The van der Waals surface area contributed by atoms with E-state index in [1.807, 2.05) is 6.92 Å². The Kier molecular flexibility index (Phi) is 4.92. The highest BCUT2D eigenvalue weighted by molar-refractivity contribution is 5.99. The maximum Gasteiger partial charge on any atom is 0.316 e. The SMILES string of the molecule is CCOC(=O)C1C[C@H]2CC[C@@H]3[C@H](CC[C@]4(C)[C@@H](O)CC[C@@H]34)[C@H]2CCC1=O. The first-order valence-electron chi connectivity index (χ1n) is 10.8. The van der Waals surface area contributed by atoms with Crippen molar-refractivity contribution in [2.75, 3.05) is 6.61 Å². The summed E-state index contributed by atoms with van der Waals surface area (Å²) < 4.78 is 5.19. The zero-order valence-electron chi connectivity index (χ0n) is 16.3. The van der Waals surface area contributed by atoms with Crippen molar-refractivity contribution in [3.8, 4) is 0 Å². The Morgan fingerprint density at radius 2 is 1.92 bits per heavy atom. The fourth-order valence-electron chi connectivity index (χ4n) is 7.34. The van der Waals surface area contributed by atoms with E-state index in [0.717, 1.165) is 25.7 Å². The van der Waals surface area contributed by atoms with E-state index in [-0.39, 0.29) is 23.3 Å². The lowest BCUT2D eigenvalue weighted by atomic mass is 9.51. The molecule has 146 valence electrons. The molecule has 1 unspecified atom stereocenters. The van der Waals surface area contributed by atoms with Gasteiger partial charge in [0.25, 0.3) is 0 Å². The van der Waals surface area contributed by atoms with Gasteiger partial charge in [-0.25, -0.2) is 0 Å². The molecule has 0 saturated heterocycles. The molecule has 4 rings (SSSR count). The summed E-state index contributed by atoms with van der Waals surface area (Å²) in [7, 11) is 0. The molecule has 0 bridgehead atoms. The molecule has 0 aromatic rings. The smallest absolute Gasteiger partial charge is 0.316 e. The number of hydrogen-bond donors (Lipinski definition) is 1. The number of rotatable bonds is 2. The van der Waals surface area contributed by atoms with Crippen LogP contribution in [-0.4, -0.2) is 29.6 Å². The molecule has 4 saturated carbocycles. The van der Waals surface area contributed by atoms with Crippen molar-refractivity contribution in [3.63, 3.8) is 0 Å². The first-order valence-corrected chi connectivity index (χ1v) is 10.8. The van der Waals surface area contributed by atoms with Crippen LogP contribution in [-0.2, 0) is 14.3 Å². The van der Waals surface area contributed by atoms with E-state index < -0.39 is 5.92 Å². The molecule has 0 spiro atoms. The van der Waals surface area contributed by atoms with Crippen molar-refractivity contribution in [1.82, 2.24) is 0 Å². The number of hydrogen-bond acceptors (Lipinski definition) is 4. The Bertz CT molecular complexity index is 572. The second kappa shape index (κ2) is 6.92. The number of carbonyl (C=O) groups is 2. The van der Waals surface area contributed by atoms with E-state index in [1.165, 1.54) is 19.3 Å². The van der Waals surface area contributed by atoms with Crippen LogP contribution in [0, 0.1) is 40.9 Å². The van der Waals surface area contributed by atoms with Crippen LogP contribution >= 0.6 is 0 Å². The summed E-state index contributed by atoms with van der Waals surface area (Å²) in [4.78, 5) is 24.9. The van der Waals surface area contributed by atoms with Gasteiger partial charge in [0.05, 0.1) is 12.7 Å². The largest absolute Gasteiger partial charge is 0.465 e. The molecule has 0 heterocycles. The first kappa shape index (κ1) is 18.5. The van der Waals surface area contributed by atoms with Crippen molar-refractivity contribution >= 4 is 11.8 Å². The molecule has 0 radical (unpaired) electrons. The zero-order chi connectivity index (χ0) is 18.5. The van der Waals surface area contributed by atoms with Crippen LogP contribution in [0.2, 0.25) is 0 Å². The summed E-state index contributed by atoms with van der Waals surface area (Å²) in [5.41, 5.74) is 0.113. The quantitative estimate of drug-likeness (QED) is 0.600. The van der Waals surface area contributed by atoms with Gasteiger partial charge in [0.2, 0.25) is 0 Å². The number of ketones is 1. The van der Waals surface area contributed by atoms with Gasteiger partial charge >= 0.3 is 5.97 Å². The highest BCUT2D eigenvalue weighted by Crippen LogP contribution is 2.62. The summed E-state index contributed by atoms with van der Waals surface area (Å²) >= 11 is 0. The van der Waals surface area contributed by atoms with Crippen LogP contribution in [0.25, 0.3) is 0 Å². The maximum atomic E-state index is 12.6. The highest BCUT2D eigenvalue weighted by atomic mass is 16.5. The second-order valence-corrected chi connectivity index (χ2v) is 9.62. The minimum Gasteiger partial charge on any atom is -0.465 e. The Balaban J connectivity index is 1.52. The van der Waals surface area contributed by atoms with Gasteiger partial charge in [-0.15, -0.1) is 0 Å². The van der Waals surface area contributed by atoms with Gasteiger partial charge in [0.1, 0.15) is 11.7 Å². The number of Topliss-reactive ketones (excluding diaryl/α,β-unsaturated/α-hetero) is 1. The minimum atomic E-state index is -0.524. The third-order valence-electron chi connectivity index (χ3n) is 8.69. The molecule has 4 nitrogen and oxygen atoms in total. The fourth-order valence-corrected chi connectivity index (χ4v) is 7.34. The third-order valence-corrected chi connectivity index (χ3v) is 8.69. The standard InChI is InChI=1S/C22H34O4/c1-3-26-21(25)17-12-13-4-5-16-15(14(13)6-8-19(17)23)10-11-22(2)18(16)7-9-20(22)24/h13-18,20,24H,3-12H2,1-2H3/t13-,14+,15-,16-,17?,18+,20+,22+/m1/s1. The molecule has 4 heteroatoms. The van der Waals surface area contributed by atoms with Crippen LogP contribution < -0.4 is 0 Å². The van der Waals surface area contributed by atoms with Gasteiger partial charge in [-0.3, -0.25) is 9.59 Å². The number of ether oxygens (including phenoxy) is 1. The average molecular weight is 363 g/mol. The number of aliphatic hydroxyl groups excluding tert-OH is 1. The summed E-state index contributed by atoms with van der Waals surface area (Å²) in [6.07, 6.45) is 8.85. The van der Waals surface area contributed by atoms with E-state index in [0.29, 0.717) is 49.0 Å². The molecule has 8 atom stereocenters. The topological polar surface area (TPSA) is 63.6 Å². The Morgan fingerprint density at radius 1 is 1.12 bits per heavy atom. The van der Waals surface area contributed by atoms with E-state index in [4.69, 9.17) is 4.74 Å². The van der Waals surface area contributed by atoms with E-state index in [2.05, 4.69) is 6.92 Å². The maximum absolute atomic E-state index is 12.6. The molecule has 0 aliphatic heterocycles. The lowest BCUT2D eigenvalue weighted by Gasteiger charge is -2.54. The van der Waals surface area contributed by atoms with Crippen LogP contribution in [0.5, 0.6) is 0 Å². The lowest BCUT2D eigenvalue weighted by Crippen LogP contribution is -2.48. The van der Waals surface area contributed by atoms with Crippen molar-refractivity contribution < 1.29 is 19.4 Å². The Labute approximate surface area is 157 Å². The van der Waals surface area contributed by atoms with Gasteiger partial charge in [-0.2, -0.15) is 0 Å². The predicted molar refractivity (Wildman–Crippen MR) is 98.2 cm³/mol. The molecule has 1 N–H and O–H groups in total. The minimum absolute atomic E-state index is 0.103. The Hall–Kier alpha value is -0.900. The number of fused-ring (bicyclic) bond motifs is 5. The van der Waals surface area contributed by atoms with Gasteiger partial charge in [0, 0.05) is 6.42 Å². The highest BCUT2D eigenvalue weighted by Gasteiger charge is 2.56. The number of esters is 1. The second-order valence-electron chi connectivity index (χ2n) is 9.62. The first-order chi connectivity index (χ1) is 12.5. The summed E-state index contributed by atoms with van der Waals surface area (Å²) in [6.45, 7) is 4.47. The Morgan fingerprint density at radius 3 is 2.69 bits per heavy atom. The van der Waals surface area contributed by atoms with Crippen LogP contribution in [0.4, 0.5) is 0 Å². The third kappa shape index (κ3) is 2.83. The average Bonchev–Trinajstić information content (AvgIpc) is 2.82. The summed E-state index contributed by atoms with van der Waals surface area (Å²) in [5.74, 6) is 2.40. The van der Waals surface area contributed by atoms with Gasteiger partial charge < -0.3 is 9.84 Å². The van der Waals surface area contributed by atoms with Crippen molar-refractivity contribution in [1.29, 1.82) is 0 Å². The van der Waals surface area contributed by atoms with Gasteiger partial charge in [-0.05, 0) is 93.3 Å². The van der Waals surface area contributed by atoms with Crippen molar-refractivity contribution in [3.05, 3.63) is 0 Å². The normalized spacial score (nSPS) is 48.1. The predicted octanol–water partition coefficient (Wildman–Crippen LogP) is 3.75. The zero-order valence-corrected chi connectivity index (χ0v) is 16.3. The van der Waals surface area contributed by atoms with Crippen molar-refractivity contribution in [2.45, 2.75) is 77.7 Å². The fraction of sp³-hybridized carbons (Fsp3) is 0.909. The van der Waals surface area contributed by atoms with Crippen LogP contribution in [0.3, 0.4) is 0 Å². The molecule has 0 aromatic carbocycles. The molecule has 4 aliphatic carbocycles. The molecular weight excluding hydrogens is 328 g/mol. The van der Waals surface area contributed by atoms with Crippen LogP contribution in [0.1, 0.15) is 71.6 Å². The number of carbonyl (C=O) groups excluding carboxylic acids is 2. The van der Waals surface area contributed by atoms with Crippen LogP contribution in [0.15, 0.2) is 0 Å². The van der Waals surface area contributed by atoms with E-state index in [9.17, 15) is 14.7 Å². The van der Waals surface area contributed by atoms with E-state index >= 15 is 0 Å². The monoisotopic (exact) mass is 362 g/mol. The lowest BCUT2D eigenvalue weighted by molar-refractivity contribution is -0.152. The molecule has 0 amide bonds. The molecular formula is C22H34O4. The summed E-state index contributed by atoms with van der Waals surface area (Å²) in [6, 6.07) is 0. The van der Waals surface area contributed by atoms with Gasteiger partial charge in [0.15, 0.2) is 0 Å². The molecule has 4 aliphatic rings. The van der Waals surface area contributed by atoms with Crippen molar-refractivity contribution in [2.24, 2.45) is 40.9 Å². The number of aliphatic hydroxyl groups is 1.